The minimum atomic E-state index is -0.994. The maximum Gasteiger partial charge on any atom is 0.335 e. The van der Waals surface area contributed by atoms with E-state index in [-0.39, 0.29) is 18.2 Å². The summed E-state index contributed by atoms with van der Waals surface area (Å²) in [6.45, 7) is 1.81. The van der Waals surface area contributed by atoms with Gasteiger partial charge in [0.1, 0.15) is 0 Å². The monoisotopic (exact) mass is 224 g/mol. The molecule has 0 heterocycles. The Morgan fingerprint density at radius 3 is 2.69 bits per heavy atom. The van der Waals surface area contributed by atoms with Crippen molar-refractivity contribution in [2.45, 2.75) is 13.0 Å². The van der Waals surface area contributed by atoms with Crippen molar-refractivity contribution in [3.05, 3.63) is 23.8 Å². The Morgan fingerprint density at radius 1 is 1.56 bits per heavy atom. The van der Waals surface area contributed by atoms with E-state index >= 15 is 0 Å². The van der Waals surface area contributed by atoms with E-state index in [2.05, 4.69) is 0 Å². The van der Waals surface area contributed by atoms with Gasteiger partial charge in [0.25, 0.3) is 0 Å². The highest BCUT2D eigenvalue weighted by Gasteiger charge is 2.14. The van der Waals surface area contributed by atoms with Gasteiger partial charge in [0, 0.05) is 13.1 Å². The van der Waals surface area contributed by atoms with Gasteiger partial charge in [-0.3, -0.25) is 0 Å². The Labute approximate surface area is 94.1 Å². The predicted octanol–water partition coefficient (Wildman–Crippen LogP) is 0.784. The zero-order valence-electron chi connectivity index (χ0n) is 9.34. The number of benzene rings is 1. The van der Waals surface area contributed by atoms with Gasteiger partial charge in [0.15, 0.2) is 0 Å². The minimum absolute atomic E-state index is 0.0206. The molecule has 1 rings (SSSR count). The van der Waals surface area contributed by atoms with Crippen LogP contribution in [0.3, 0.4) is 0 Å². The van der Waals surface area contributed by atoms with Crippen molar-refractivity contribution in [1.29, 1.82) is 0 Å². The van der Waals surface area contributed by atoms with Gasteiger partial charge >= 0.3 is 5.97 Å². The highest BCUT2D eigenvalue weighted by molar-refractivity contribution is 5.90. The lowest BCUT2D eigenvalue weighted by atomic mass is 10.1. The molecule has 1 unspecified atom stereocenters. The van der Waals surface area contributed by atoms with Gasteiger partial charge in [0.05, 0.1) is 23.5 Å². The lowest BCUT2D eigenvalue weighted by molar-refractivity contribution is 0.0697. The molecule has 0 amide bonds. The van der Waals surface area contributed by atoms with Gasteiger partial charge in [-0.05, 0) is 25.1 Å². The zero-order valence-corrected chi connectivity index (χ0v) is 9.34. The Kier molecular flexibility index (Phi) is 3.73. The fraction of sp³-hybridized carbons (Fsp3) is 0.364. The summed E-state index contributed by atoms with van der Waals surface area (Å²) in [6, 6.07) is 4.40. The molecule has 0 saturated carbocycles. The Balaban J connectivity index is 3.11. The standard InChI is InChI=1S/C11H16N2O3/c1-7(6-14)13(2)10-5-8(11(15)16)3-4-9(10)12/h3-5,7,14H,6,12H2,1-2H3,(H,15,16). The van der Waals surface area contributed by atoms with Gasteiger partial charge in [-0.2, -0.15) is 0 Å². The first-order valence-electron chi connectivity index (χ1n) is 4.94. The lowest BCUT2D eigenvalue weighted by Gasteiger charge is -2.26. The number of rotatable bonds is 4. The van der Waals surface area contributed by atoms with Crippen molar-refractivity contribution in [1.82, 2.24) is 0 Å². The van der Waals surface area contributed by atoms with Crippen LogP contribution in [0.1, 0.15) is 17.3 Å². The van der Waals surface area contributed by atoms with E-state index in [1.54, 1.807) is 18.0 Å². The third-order valence-electron chi connectivity index (χ3n) is 2.58. The third kappa shape index (κ3) is 2.43. The summed E-state index contributed by atoms with van der Waals surface area (Å²) in [5.41, 5.74) is 7.05. The molecule has 1 aromatic carbocycles. The van der Waals surface area contributed by atoms with Gasteiger partial charge in [-0.15, -0.1) is 0 Å². The zero-order chi connectivity index (χ0) is 12.3. The van der Waals surface area contributed by atoms with Crippen molar-refractivity contribution in [2.24, 2.45) is 0 Å². The molecule has 0 spiro atoms. The van der Waals surface area contributed by atoms with Crippen LogP contribution in [-0.2, 0) is 0 Å². The molecule has 4 N–H and O–H groups in total. The first-order chi connectivity index (χ1) is 7.47. The molecule has 0 radical (unpaired) electrons. The molecule has 5 heteroatoms. The smallest absolute Gasteiger partial charge is 0.335 e. The van der Waals surface area contributed by atoms with Crippen molar-refractivity contribution in [3.63, 3.8) is 0 Å². The van der Waals surface area contributed by atoms with Crippen LogP contribution in [0.2, 0.25) is 0 Å². The highest BCUT2D eigenvalue weighted by atomic mass is 16.4. The molecule has 88 valence electrons. The maximum atomic E-state index is 10.8. The van der Waals surface area contributed by atoms with E-state index in [4.69, 9.17) is 15.9 Å². The Morgan fingerprint density at radius 2 is 2.19 bits per heavy atom. The molecule has 0 aliphatic heterocycles. The first-order valence-corrected chi connectivity index (χ1v) is 4.94. The minimum Gasteiger partial charge on any atom is -0.478 e. The van der Waals surface area contributed by atoms with E-state index in [1.807, 2.05) is 6.92 Å². The molecular formula is C11H16N2O3. The van der Waals surface area contributed by atoms with Gasteiger partial charge in [-0.1, -0.05) is 0 Å². The Bertz CT molecular complexity index is 393. The fourth-order valence-corrected chi connectivity index (χ4v) is 1.34. The molecule has 16 heavy (non-hydrogen) atoms. The fourth-order valence-electron chi connectivity index (χ4n) is 1.34. The highest BCUT2D eigenvalue weighted by Crippen LogP contribution is 2.25. The SMILES string of the molecule is CC(CO)N(C)c1cc(C(=O)O)ccc1N. The van der Waals surface area contributed by atoms with Crippen LogP contribution < -0.4 is 10.6 Å². The molecule has 5 nitrogen and oxygen atoms in total. The molecule has 0 aromatic heterocycles. The first kappa shape index (κ1) is 12.3. The second-order valence-electron chi connectivity index (χ2n) is 3.72. The summed E-state index contributed by atoms with van der Waals surface area (Å²) in [5.74, 6) is -0.994. The molecule has 0 fully saturated rings. The molecule has 0 aliphatic carbocycles. The molecule has 1 aromatic rings. The number of hydrogen-bond donors (Lipinski definition) is 3. The van der Waals surface area contributed by atoms with Crippen LogP contribution in [-0.4, -0.2) is 35.9 Å². The Hall–Kier alpha value is -1.75. The van der Waals surface area contributed by atoms with Crippen LogP contribution in [0.5, 0.6) is 0 Å². The quantitative estimate of drug-likeness (QED) is 0.658. The van der Waals surface area contributed by atoms with E-state index < -0.39 is 5.97 Å². The summed E-state index contributed by atoms with van der Waals surface area (Å²) < 4.78 is 0. The number of aliphatic hydroxyl groups excluding tert-OH is 1. The van der Waals surface area contributed by atoms with Crippen LogP contribution in [0.25, 0.3) is 0 Å². The van der Waals surface area contributed by atoms with Crippen LogP contribution in [0.4, 0.5) is 11.4 Å². The summed E-state index contributed by atoms with van der Waals surface area (Å²) in [7, 11) is 1.76. The van der Waals surface area contributed by atoms with Crippen molar-refractivity contribution in [2.75, 3.05) is 24.3 Å². The number of hydrogen-bond acceptors (Lipinski definition) is 4. The molecule has 0 bridgehead atoms. The maximum absolute atomic E-state index is 10.8. The molecule has 1 atom stereocenters. The van der Waals surface area contributed by atoms with Crippen molar-refractivity contribution in [3.8, 4) is 0 Å². The van der Waals surface area contributed by atoms with E-state index in [1.165, 1.54) is 12.1 Å². The number of aromatic carboxylic acids is 1. The predicted molar refractivity (Wildman–Crippen MR) is 62.8 cm³/mol. The number of carboxylic acids is 1. The van der Waals surface area contributed by atoms with Crippen LogP contribution >= 0.6 is 0 Å². The lowest BCUT2D eigenvalue weighted by Crippen LogP contribution is -2.32. The molecule has 0 aliphatic rings. The summed E-state index contributed by atoms with van der Waals surface area (Å²) >= 11 is 0. The average molecular weight is 224 g/mol. The summed E-state index contributed by atoms with van der Waals surface area (Å²) in [5, 5.41) is 17.9. The number of carbonyl (C=O) groups is 1. The number of nitrogens with two attached hydrogens (primary N) is 1. The topological polar surface area (TPSA) is 86.8 Å². The number of likely N-dealkylation sites (N-methyl/N-ethyl adjacent to an activating group) is 1. The van der Waals surface area contributed by atoms with Crippen molar-refractivity contribution < 1.29 is 15.0 Å². The number of anilines is 2. The third-order valence-corrected chi connectivity index (χ3v) is 2.58. The second kappa shape index (κ2) is 4.85. The van der Waals surface area contributed by atoms with E-state index in [0.717, 1.165) is 0 Å². The summed E-state index contributed by atoms with van der Waals surface area (Å²) in [6.07, 6.45) is 0. The second-order valence-corrected chi connectivity index (χ2v) is 3.72. The average Bonchev–Trinajstić information content (AvgIpc) is 2.27. The number of carboxylic acid groups (broad SMARTS) is 1. The summed E-state index contributed by atoms with van der Waals surface area (Å²) in [4.78, 5) is 12.6. The van der Waals surface area contributed by atoms with Gasteiger partial charge in [0.2, 0.25) is 0 Å². The normalized spacial score (nSPS) is 12.2. The van der Waals surface area contributed by atoms with E-state index in [9.17, 15) is 4.79 Å². The van der Waals surface area contributed by atoms with E-state index in [0.29, 0.717) is 11.4 Å². The number of nitrogen functional groups attached to an aromatic ring is 1. The van der Waals surface area contributed by atoms with Gasteiger partial charge < -0.3 is 20.8 Å². The number of nitrogens with zero attached hydrogens (tertiary/aromatic N) is 1. The van der Waals surface area contributed by atoms with Crippen LogP contribution in [0, 0.1) is 0 Å². The largest absolute Gasteiger partial charge is 0.478 e. The molecular weight excluding hydrogens is 208 g/mol. The number of aliphatic hydroxyl groups is 1. The van der Waals surface area contributed by atoms with Gasteiger partial charge in [-0.25, -0.2) is 4.79 Å². The molecule has 0 saturated heterocycles. The van der Waals surface area contributed by atoms with Crippen LogP contribution in [0.15, 0.2) is 18.2 Å². The van der Waals surface area contributed by atoms with Crippen molar-refractivity contribution >= 4 is 17.3 Å².